The summed E-state index contributed by atoms with van der Waals surface area (Å²) in [6.07, 6.45) is 10.1. The van der Waals surface area contributed by atoms with Crippen molar-refractivity contribution in [2.75, 3.05) is 10.6 Å². The Bertz CT molecular complexity index is 1200. The number of nitrogens with zero attached hydrogens (tertiary/aromatic N) is 6. The van der Waals surface area contributed by atoms with Crippen molar-refractivity contribution in [3.05, 3.63) is 66.0 Å². The van der Waals surface area contributed by atoms with Gasteiger partial charge in [-0.05, 0) is 37.8 Å². The van der Waals surface area contributed by atoms with Crippen LogP contribution in [0, 0.1) is 11.3 Å². The van der Waals surface area contributed by atoms with Crippen LogP contribution in [0.2, 0.25) is 0 Å². The second-order valence-electron chi connectivity index (χ2n) is 8.64. The first kappa shape index (κ1) is 21.7. The van der Waals surface area contributed by atoms with Crippen LogP contribution in [0.3, 0.4) is 0 Å². The first-order valence-corrected chi connectivity index (χ1v) is 11.2. The molecule has 2 saturated heterocycles. The second kappa shape index (κ2) is 9.41. The highest BCUT2D eigenvalue weighted by atomic mass is 16.4. The quantitative estimate of drug-likeness (QED) is 0.485. The predicted octanol–water partition coefficient (Wildman–Crippen LogP) is 3.19. The number of rotatable bonds is 7. The number of carboxylic acid groups (broad SMARTS) is 1. The number of aromatic carboxylic acids is 1. The molecule has 0 spiro atoms. The lowest BCUT2D eigenvalue weighted by Gasteiger charge is -2.39. The molecule has 3 aromatic rings. The number of fused-ring (bicyclic) bond motifs is 2. The summed E-state index contributed by atoms with van der Waals surface area (Å²) in [6, 6.07) is 10.7. The monoisotopic (exact) mass is 456 g/mol. The van der Waals surface area contributed by atoms with Crippen LogP contribution < -0.4 is 10.6 Å². The van der Waals surface area contributed by atoms with E-state index in [0.717, 1.165) is 37.9 Å². The average molecular weight is 457 g/mol. The lowest BCUT2D eigenvalue weighted by atomic mass is 9.96. The summed E-state index contributed by atoms with van der Waals surface area (Å²) in [5.74, 6) is -0.168. The van der Waals surface area contributed by atoms with Gasteiger partial charge in [0.15, 0.2) is 5.69 Å². The lowest BCUT2D eigenvalue weighted by Crippen LogP contribution is -2.46. The molecule has 0 aliphatic carbocycles. The molecule has 3 N–H and O–H groups in total. The van der Waals surface area contributed by atoms with Gasteiger partial charge in [0.1, 0.15) is 23.3 Å². The number of carbonyl (C=O) groups is 1. The average Bonchev–Trinajstić information content (AvgIpc) is 3.07. The molecule has 10 nitrogen and oxygen atoms in total. The number of piperidine rings is 1. The van der Waals surface area contributed by atoms with E-state index in [2.05, 4.69) is 41.5 Å². The van der Waals surface area contributed by atoms with Crippen LogP contribution in [0.4, 0.5) is 17.3 Å². The molecule has 5 rings (SSSR count). The summed E-state index contributed by atoms with van der Waals surface area (Å²) < 4.78 is 0. The minimum absolute atomic E-state index is 0.125. The standard InChI is InChI=1S/C24H24N8O2/c25-10-17-11-28-23(13-27-17)31-22-9-21(20(12-29-22)24(33)34)30-16-7-18-4-5-19(8-16)32(18)14-15-3-1-2-6-26-15/h1-3,6,9,11-13,16,18-19H,4-5,7-8,14H2,(H,33,34)(H2,28,29,30,31). The molecule has 10 heteroatoms. The predicted molar refractivity (Wildman–Crippen MR) is 124 cm³/mol. The highest BCUT2D eigenvalue weighted by Crippen LogP contribution is 2.38. The molecule has 2 aliphatic rings. The van der Waals surface area contributed by atoms with E-state index in [1.807, 2.05) is 24.4 Å². The van der Waals surface area contributed by atoms with Gasteiger partial charge >= 0.3 is 5.97 Å². The number of aromatic nitrogens is 4. The molecule has 2 atom stereocenters. The number of nitriles is 1. The van der Waals surface area contributed by atoms with Gasteiger partial charge in [-0.1, -0.05) is 6.07 Å². The van der Waals surface area contributed by atoms with Crippen molar-refractivity contribution >= 4 is 23.3 Å². The van der Waals surface area contributed by atoms with Gasteiger partial charge < -0.3 is 15.7 Å². The fourth-order valence-corrected chi connectivity index (χ4v) is 4.94. The van der Waals surface area contributed by atoms with Gasteiger partial charge in [-0.25, -0.2) is 19.7 Å². The van der Waals surface area contributed by atoms with Crippen molar-refractivity contribution in [3.8, 4) is 6.07 Å². The maximum atomic E-state index is 11.8. The lowest BCUT2D eigenvalue weighted by molar-refractivity contribution is 0.0697. The molecule has 172 valence electrons. The molecule has 0 amide bonds. The summed E-state index contributed by atoms with van der Waals surface area (Å²) >= 11 is 0. The third-order valence-corrected chi connectivity index (χ3v) is 6.47. The maximum absolute atomic E-state index is 11.8. The van der Waals surface area contributed by atoms with Crippen LogP contribution in [0.5, 0.6) is 0 Å². The van der Waals surface area contributed by atoms with E-state index in [0.29, 0.717) is 29.4 Å². The number of pyridine rings is 2. The van der Waals surface area contributed by atoms with E-state index >= 15 is 0 Å². The number of anilines is 3. The molecule has 0 aromatic carbocycles. The van der Waals surface area contributed by atoms with Crippen LogP contribution in [0.1, 0.15) is 47.4 Å². The van der Waals surface area contributed by atoms with Gasteiger partial charge in [0.05, 0.1) is 23.8 Å². The number of nitrogens with one attached hydrogen (secondary N) is 2. The first-order valence-electron chi connectivity index (χ1n) is 11.2. The molecule has 5 heterocycles. The maximum Gasteiger partial charge on any atom is 0.339 e. The Morgan fingerprint density at radius 3 is 2.53 bits per heavy atom. The van der Waals surface area contributed by atoms with Gasteiger partial charge in [0, 0.05) is 43.1 Å². The van der Waals surface area contributed by atoms with E-state index in [9.17, 15) is 9.90 Å². The first-order chi connectivity index (χ1) is 16.6. The smallest absolute Gasteiger partial charge is 0.339 e. The Morgan fingerprint density at radius 1 is 1.09 bits per heavy atom. The molecule has 3 aromatic heterocycles. The SMILES string of the molecule is N#Cc1cnc(Nc2cc(NC3CC4CCC(C3)N4Cc3ccccn3)c(C(=O)O)cn2)cn1. The summed E-state index contributed by atoms with van der Waals surface area (Å²) in [6.45, 7) is 0.845. The molecule has 0 radical (unpaired) electrons. The zero-order chi connectivity index (χ0) is 23.5. The highest BCUT2D eigenvalue weighted by molar-refractivity contribution is 5.94. The number of hydrogen-bond acceptors (Lipinski definition) is 9. The normalized spacial score (nSPS) is 21.6. The van der Waals surface area contributed by atoms with Crippen molar-refractivity contribution in [1.29, 1.82) is 5.26 Å². The Morgan fingerprint density at radius 2 is 1.88 bits per heavy atom. The van der Waals surface area contributed by atoms with Gasteiger partial charge in [-0.2, -0.15) is 5.26 Å². The van der Waals surface area contributed by atoms with Crippen molar-refractivity contribution in [1.82, 2.24) is 24.8 Å². The fourth-order valence-electron chi connectivity index (χ4n) is 4.94. The zero-order valence-corrected chi connectivity index (χ0v) is 18.4. The topological polar surface area (TPSA) is 140 Å². The minimum atomic E-state index is -1.03. The van der Waals surface area contributed by atoms with Crippen molar-refractivity contribution in [2.24, 2.45) is 0 Å². The van der Waals surface area contributed by atoms with Gasteiger partial charge in [-0.15, -0.1) is 0 Å². The molecule has 2 aliphatic heterocycles. The third kappa shape index (κ3) is 4.65. The summed E-state index contributed by atoms with van der Waals surface area (Å²) in [4.78, 5) is 31.2. The van der Waals surface area contributed by atoms with E-state index in [1.54, 1.807) is 6.07 Å². The van der Waals surface area contributed by atoms with E-state index in [-0.39, 0.29) is 17.3 Å². The van der Waals surface area contributed by atoms with Crippen molar-refractivity contribution in [2.45, 2.75) is 50.4 Å². The minimum Gasteiger partial charge on any atom is -0.478 e. The van der Waals surface area contributed by atoms with Crippen LogP contribution in [-0.4, -0.2) is 54.0 Å². The second-order valence-corrected chi connectivity index (χ2v) is 8.64. The van der Waals surface area contributed by atoms with Gasteiger partial charge in [-0.3, -0.25) is 9.88 Å². The Hall–Kier alpha value is -4.10. The Balaban J connectivity index is 1.30. The Labute approximate surface area is 196 Å². The van der Waals surface area contributed by atoms with Crippen LogP contribution >= 0.6 is 0 Å². The number of carboxylic acids is 1. The van der Waals surface area contributed by atoms with Crippen molar-refractivity contribution in [3.63, 3.8) is 0 Å². The zero-order valence-electron chi connectivity index (χ0n) is 18.4. The molecular formula is C24H24N8O2. The van der Waals surface area contributed by atoms with Crippen LogP contribution in [0.15, 0.2) is 49.1 Å². The van der Waals surface area contributed by atoms with Crippen LogP contribution in [-0.2, 0) is 6.54 Å². The Kier molecular flexibility index (Phi) is 6.01. The number of hydrogen-bond donors (Lipinski definition) is 3. The van der Waals surface area contributed by atoms with Crippen LogP contribution in [0.25, 0.3) is 0 Å². The largest absolute Gasteiger partial charge is 0.478 e. The van der Waals surface area contributed by atoms with Gasteiger partial charge in [0.25, 0.3) is 0 Å². The molecular weight excluding hydrogens is 432 g/mol. The third-order valence-electron chi connectivity index (χ3n) is 6.47. The molecule has 0 saturated carbocycles. The summed E-state index contributed by atoms with van der Waals surface area (Å²) in [5, 5.41) is 25.1. The fraction of sp³-hybridized carbons (Fsp3) is 0.333. The molecule has 2 fully saturated rings. The summed E-state index contributed by atoms with van der Waals surface area (Å²) in [5.41, 5.74) is 1.94. The van der Waals surface area contributed by atoms with E-state index in [1.165, 1.54) is 18.6 Å². The molecule has 2 bridgehead atoms. The molecule has 34 heavy (non-hydrogen) atoms. The highest BCUT2D eigenvalue weighted by Gasteiger charge is 2.40. The van der Waals surface area contributed by atoms with E-state index in [4.69, 9.17) is 5.26 Å². The van der Waals surface area contributed by atoms with Crippen molar-refractivity contribution < 1.29 is 9.90 Å². The van der Waals surface area contributed by atoms with E-state index < -0.39 is 5.97 Å². The molecule has 2 unspecified atom stereocenters. The van der Waals surface area contributed by atoms with Gasteiger partial charge in [0.2, 0.25) is 0 Å². The summed E-state index contributed by atoms with van der Waals surface area (Å²) in [7, 11) is 0.